The van der Waals surface area contributed by atoms with Gasteiger partial charge in [0.2, 0.25) is 5.91 Å². The van der Waals surface area contributed by atoms with Gasteiger partial charge in [0.05, 0.1) is 34.7 Å². The number of hydrogen-bond donors (Lipinski definition) is 3. The van der Waals surface area contributed by atoms with E-state index in [1.807, 2.05) is 49.4 Å². The molecule has 1 atom stereocenters. The molecule has 0 spiro atoms. The highest BCUT2D eigenvalue weighted by Crippen LogP contribution is 2.34. The van der Waals surface area contributed by atoms with Crippen LogP contribution < -0.4 is 25.4 Å². The molecule has 0 unspecified atom stereocenters. The van der Waals surface area contributed by atoms with Crippen LogP contribution in [0.4, 0.5) is 11.5 Å². The number of likely N-dealkylation sites (N-methyl/N-ethyl adjacent to an activating group) is 1. The third-order valence-corrected chi connectivity index (χ3v) is 5.47. The normalized spacial score (nSPS) is 11.6. The van der Waals surface area contributed by atoms with Gasteiger partial charge in [-0.25, -0.2) is 9.97 Å². The summed E-state index contributed by atoms with van der Waals surface area (Å²) in [7, 11) is 1.72. The summed E-state index contributed by atoms with van der Waals surface area (Å²) in [5, 5.41) is 10.1. The summed E-state index contributed by atoms with van der Waals surface area (Å²) >= 11 is 6.48. The zero-order valence-corrected chi connectivity index (χ0v) is 20.7. The molecule has 0 saturated heterocycles. The van der Waals surface area contributed by atoms with E-state index in [4.69, 9.17) is 21.1 Å². The minimum Gasteiger partial charge on any atom is -0.488 e. The Kier molecular flexibility index (Phi) is 8.48. The Bertz CT molecular complexity index is 1320. The molecule has 4 rings (SSSR count). The topological polar surface area (TPSA) is 110 Å². The maximum Gasteiger partial charge on any atom is 0.234 e. The van der Waals surface area contributed by atoms with Crippen LogP contribution in [0.15, 0.2) is 67.1 Å². The summed E-state index contributed by atoms with van der Waals surface area (Å²) in [5.74, 6) is 1.63. The molecule has 9 nitrogen and oxygen atoms in total. The van der Waals surface area contributed by atoms with Crippen molar-refractivity contribution in [2.45, 2.75) is 19.6 Å². The van der Waals surface area contributed by atoms with Crippen molar-refractivity contribution >= 4 is 39.9 Å². The molecule has 3 N–H and O–H groups in total. The number of halogens is 1. The van der Waals surface area contributed by atoms with Gasteiger partial charge < -0.3 is 25.4 Å². The molecule has 10 heteroatoms. The van der Waals surface area contributed by atoms with E-state index in [9.17, 15) is 4.79 Å². The molecule has 0 saturated carbocycles. The number of aromatic nitrogens is 3. The van der Waals surface area contributed by atoms with Gasteiger partial charge in [0.25, 0.3) is 0 Å². The second-order valence-corrected chi connectivity index (χ2v) is 8.42. The lowest BCUT2D eigenvalue weighted by Crippen LogP contribution is -2.38. The van der Waals surface area contributed by atoms with Crippen LogP contribution in [-0.4, -0.2) is 47.1 Å². The van der Waals surface area contributed by atoms with E-state index in [0.29, 0.717) is 35.5 Å². The number of benzene rings is 2. The smallest absolute Gasteiger partial charge is 0.234 e. The molecule has 4 aromatic rings. The highest BCUT2D eigenvalue weighted by Gasteiger charge is 2.14. The first-order chi connectivity index (χ1) is 17.5. The quantitative estimate of drug-likeness (QED) is 0.279. The van der Waals surface area contributed by atoms with E-state index >= 15 is 0 Å². The highest BCUT2D eigenvalue weighted by atomic mass is 35.5. The lowest BCUT2D eigenvalue weighted by molar-refractivity contribution is -0.120. The van der Waals surface area contributed by atoms with Crippen molar-refractivity contribution in [1.29, 1.82) is 0 Å². The molecule has 1 amide bonds. The predicted molar refractivity (Wildman–Crippen MR) is 140 cm³/mol. The molecule has 36 heavy (non-hydrogen) atoms. The van der Waals surface area contributed by atoms with Gasteiger partial charge >= 0.3 is 0 Å². The van der Waals surface area contributed by atoms with Gasteiger partial charge in [0, 0.05) is 11.9 Å². The number of anilines is 2. The van der Waals surface area contributed by atoms with Crippen LogP contribution in [0.1, 0.15) is 12.6 Å². The number of rotatable bonds is 11. The number of nitrogens with zero attached hydrogens (tertiary/aromatic N) is 3. The van der Waals surface area contributed by atoms with Gasteiger partial charge in [-0.15, -0.1) is 0 Å². The standard InChI is InChI=1S/C26H27ClN6O3/c1-17(13-30-24(34)14-28-2)36-23-8-5-7-21-25(23)26(32-16-31-21)33-18-9-10-22(20(27)12-18)35-15-19-6-3-4-11-29-19/h3-12,16-17,28H,13-15H2,1-2H3,(H,30,34)(H,31,32,33)/t17-/m1/s1. The fourth-order valence-corrected chi connectivity index (χ4v) is 3.71. The fourth-order valence-electron chi connectivity index (χ4n) is 3.48. The number of carbonyl (C=O) groups is 1. The van der Waals surface area contributed by atoms with E-state index < -0.39 is 0 Å². The summed E-state index contributed by atoms with van der Waals surface area (Å²) in [6.07, 6.45) is 2.94. The van der Waals surface area contributed by atoms with Crippen molar-refractivity contribution in [2.24, 2.45) is 0 Å². The number of nitrogens with one attached hydrogen (secondary N) is 3. The Morgan fingerprint density at radius 3 is 2.72 bits per heavy atom. The van der Waals surface area contributed by atoms with Gasteiger partial charge in [-0.2, -0.15) is 0 Å². The maximum absolute atomic E-state index is 11.8. The Hall–Kier alpha value is -3.95. The summed E-state index contributed by atoms with van der Waals surface area (Å²) in [4.78, 5) is 24.8. The summed E-state index contributed by atoms with van der Waals surface area (Å²) in [6, 6.07) is 16.7. The van der Waals surface area contributed by atoms with E-state index in [2.05, 4.69) is 30.9 Å². The molecule has 0 aliphatic rings. The SMILES string of the molecule is CNCC(=O)NC[C@@H](C)Oc1cccc2ncnc(Nc3ccc(OCc4ccccn4)c(Cl)c3)c12. The average Bonchev–Trinajstić information content (AvgIpc) is 2.88. The van der Waals surface area contributed by atoms with E-state index in [0.717, 1.165) is 22.3 Å². The molecule has 186 valence electrons. The number of hydrogen-bond acceptors (Lipinski definition) is 8. The lowest BCUT2D eigenvalue weighted by Gasteiger charge is -2.18. The van der Waals surface area contributed by atoms with Gasteiger partial charge in [-0.05, 0) is 56.4 Å². The van der Waals surface area contributed by atoms with Crippen molar-refractivity contribution in [2.75, 3.05) is 25.5 Å². The van der Waals surface area contributed by atoms with Crippen LogP contribution in [-0.2, 0) is 11.4 Å². The first-order valence-corrected chi connectivity index (χ1v) is 11.8. The van der Waals surface area contributed by atoms with Crippen LogP contribution in [0, 0.1) is 0 Å². The molecular weight excluding hydrogens is 480 g/mol. The zero-order chi connectivity index (χ0) is 25.3. The van der Waals surface area contributed by atoms with Crippen molar-refractivity contribution in [3.05, 3.63) is 77.8 Å². The van der Waals surface area contributed by atoms with Gasteiger partial charge in [-0.3, -0.25) is 9.78 Å². The Morgan fingerprint density at radius 2 is 1.94 bits per heavy atom. The highest BCUT2D eigenvalue weighted by molar-refractivity contribution is 6.32. The lowest BCUT2D eigenvalue weighted by atomic mass is 10.2. The van der Waals surface area contributed by atoms with Crippen molar-refractivity contribution < 1.29 is 14.3 Å². The first kappa shape index (κ1) is 25.2. The third kappa shape index (κ3) is 6.59. The van der Waals surface area contributed by atoms with E-state index in [-0.39, 0.29) is 18.6 Å². The Morgan fingerprint density at radius 1 is 1.06 bits per heavy atom. The largest absolute Gasteiger partial charge is 0.488 e. The number of carbonyl (C=O) groups excluding carboxylic acids is 1. The molecule has 0 fully saturated rings. The summed E-state index contributed by atoms with van der Waals surface area (Å²) < 4.78 is 12.0. The monoisotopic (exact) mass is 506 g/mol. The van der Waals surface area contributed by atoms with Crippen molar-refractivity contribution in [3.8, 4) is 11.5 Å². The van der Waals surface area contributed by atoms with Gasteiger partial charge in [0.15, 0.2) is 0 Å². The van der Waals surface area contributed by atoms with Crippen molar-refractivity contribution in [1.82, 2.24) is 25.6 Å². The van der Waals surface area contributed by atoms with Crippen LogP contribution in [0.25, 0.3) is 10.9 Å². The number of amides is 1. The van der Waals surface area contributed by atoms with E-state index in [1.165, 1.54) is 6.33 Å². The van der Waals surface area contributed by atoms with Crippen LogP contribution in [0.2, 0.25) is 5.02 Å². The molecular formula is C26H27ClN6O3. The average molecular weight is 507 g/mol. The molecule has 2 aromatic heterocycles. The van der Waals surface area contributed by atoms with Crippen molar-refractivity contribution in [3.63, 3.8) is 0 Å². The molecule has 2 aromatic carbocycles. The van der Waals surface area contributed by atoms with E-state index in [1.54, 1.807) is 25.4 Å². The second-order valence-electron chi connectivity index (χ2n) is 8.02. The molecule has 0 radical (unpaired) electrons. The Labute approximate surface area is 214 Å². The van der Waals surface area contributed by atoms with Crippen LogP contribution >= 0.6 is 11.6 Å². The minimum absolute atomic E-state index is 0.0964. The number of fused-ring (bicyclic) bond motifs is 1. The zero-order valence-electron chi connectivity index (χ0n) is 20.0. The predicted octanol–water partition coefficient (Wildman–Crippen LogP) is 4.10. The first-order valence-electron chi connectivity index (χ1n) is 11.4. The van der Waals surface area contributed by atoms with Gasteiger partial charge in [-0.1, -0.05) is 23.7 Å². The molecule has 0 bridgehead atoms. The molecule has 0 aliphatic heterocycles. The Balaban J connectivity index is 1.49. The second kappa shape index (κ2) is 12.1. The van der Waals surface area contributed by atoms with Gasteiger partial charge in [0.1, 0.15) is 36.4 Å². The maximum atomic E-state index is 11.8. The summed E-state index contributed by atoms with van der Waals surface area (Å²) in [5.41, 5.74) is 2.26. The molecule has 2 heterocycles. The number of ether oxygens (including phenoxy) is 2. The fraction of sp³-hybridized carbons (Fsp3) is 0.231. The minimum atomic E-state index is -0.269. The van der Waals surface area contributed by atoms with Crippen LogP contribution in [0.3, 0.4) is 0 Å². The number of pyridine rings is 1. The third-order valence-electron chi connectivity index (χ3n) is 5.17. The summed E-state index contributed by atoms with van der Waals surface area (Å²) in [6.45, 7) is 2.82. The van der Waals surface area contributed by atoms with Crippen LogP contribution in [0.5, 0.6) is 11.5 Å². The molecule has 0 aliphatic carbocycles.